The molecular formula is C11H12N4O2. The lowest BCUT2D eigenvalue weighted by molar-refractivity contribution is 0.0695. The van der Waals surface area contributed by atoms with Gasteiger partial charge in [0.15, 0.2) is 5.65 Å². The molecule has 0 spiro atoms. The fourth-order valence-corrected chi connectivity index (χ4v) is 2.38. The average molecular weight is 232 g/mol. The summed E-state index contributed by atoms with van der Waals surface area (Å²) in [5, 5.41) is 16.9. The van der Waals surface area contributed by atoms with E-state index in [0.717, 1.165) is 18.5 Å². The second-order valence-corrected chi connectivity index (χ2v) is 4.37. The highest BCUT2D eigenvalue weighted by molar-refractivity contribution is 5.87. The Hall–Kier alpha value is -1.98. The summed E-state index contributed by atoms with van der Waals surface area (Å²) in [5.74, 6) is -0.576. The highest BCUT2D eigenvalue weighted by Gasteiger charge is 2.23. The van der Waals surface area contributed by atoms with Gasteiger partial charge in [0.05, 0.1) is 5.56 Å². The highest BCUT2D eigenvalue weighted by atomic mass is 16.4. The second kappa shape index (κ2) is 3.80. The SMILES string of the molecule is O=C(O)c1cnc2c(C3CCCC3)nnn2c1. The van der Waals surface area contributed by atoms with Gasteiger partial charge >= 0.3 is 5.97 Å². The van der Waals surface area contributed by atoms with E-state index in [0.29, 0.717) is 11.6 Å². The Morgan fingerprint density at radius 1 is 1.41 bits per heavy atom. The summed E-state index contributed by atoms with van der Waals surface area (Å²) in [4.78, 5) is 15.0. The number of carboxylic acid groups (broad SMARTS) is 1. The van der Waals surface area contributed by atoms with Crippen molar-refractivity contribution in [3.63, 3.8) is 0 Å². The van der Waals surface area contributed by atoms with Crippen molar-refractivity contribution in [1.82, 2.24) is 19.8 Å². The maximum Gasteiger partial charge on any atom is 0.338 e. The van der Waals surface area contributed by atoms with Crippen molar-refractivity contribution in [3.8, 4) is 0 Å². The van der Waals surface area contributed by atoms with Gasteiger partial charge in [0.2, 0.25) is 0 Å². The van der Waals surface area contributed by atoms with Crippen molar-refractivity contribution in [2.75, 3.05) is 0 Å². The molecule has 0 unspecified atom stereocenters. The Morgan fingerprint density at radius 2 is 2.18 bits per heavy atom. The molecule has 2 aromatic heterocycles. The van der Waals surface area contributed by atoms with E-state index >= 15 is 0 Å². The quantitative estimate of drug-likeness (QED) is 0.848. The van der Waals surface area contributed by atoms with Gasteiger partial charge in [-0.25, -0.2) is 14.3 Å². The van der Waals surface area contributed by atoms with Crippen LogP contribution in [0.1, 0.15) is 47.7 Å². The monoisotopic (exact) mass is 232 g/mol. The van der Waals surface area contributed by atoms with E-state index in [1.807, 2.05) is 0 Å². The third-order valence-corrected chi connectivity index (χ3v) is 3.27. The maximum atomic E-state index is 10.8. The third kappa shape index (κ3) is 1.65. The highest BCUT2D eigenvalue weighted by Crippen LogP contribution is 2.34. The molecule has 0 aliphatic heterocycles. The van der Waals surface area contributed by atoms with Gasteiger partial charge in [0, 0.05) is 18.3 Å². The van der Waals surface area contributed by atoms with Crippen LogP contribution in [-0.4, -0.2) is 30.9 Å². The molecular weight excluding hydrogens is 220 g/mol. The zero-order chi connectivity index (χ0) is 11.8. The van der Waals surface area contributed by atoms with Crippen LogP contribution in [0.15, 0.2) is 12.4 Å². The number of hydrogen-bond acceptors (Lipinski definition) is 4. The number of carboxylic acids is 1. The van der Waals surface area contributed by atoms with Crippen LogP contribution in [-0.2, 0) is 0 Å². The van der Waals surface area contributed by atoms with Crippen LogP contribution in [0.2, 0.25) is 0 Å². The number of aromatic nitrogens is 4. The molecule has 1 aliphatic carbocycles. The minimum atomic E-state index is -1.00. The van der Waals surface area contributed by atoms with E-state index in [1.54, 1.807) is 0 Å². The van der Waals surface area contributed by atoms with Crippen LogP contribution in [0.3, 0.4) is 0 Å². The maximum absolute atomic E-state index is 10.8. The summed E-state index contributed by atoms with van der Waals surface area (Å²) in [6.45, 7) is 0. The van der Waals surface area contributed by atoms with Gasteiger partial charge in [-0.2, -0.15) is 0 Å². The Kier molecular flexibility index (Phi) is 2.28. The largest absolute Gasteiger partial charge is 0.478 e. The molecule has 6 heteroatoms. The fraction of sp³-hybridized carbons (Fsp3) is 0.455. The molecule has 1 N–H and O–H groups in total. The van der Waals surface area contributed by atoms with Crippen LogP contribution in [0, 0.1) is 0 Å². The molecule has 0 saturated heterocycles. The molecule has 1 fully saturated rings. The molecule has 88 valence electrons. The molecule has 17 heavy (non-hydrogen) atoms. The van der Waals surface area contributed by atoms with E-state index in [2.05, 4.69) is 15.3 Å². The van der Waals surface area contributed by atoms with Crippen molar-refractivity contribution >= 4 is 11.6 Å². The number of aromatic carboxylic acids is 1. The summed E-state index contributed by atoms with van der Waals surface area (Å²) in [5.41, 5.74) is 1.71. The van der Waals surface area contributed by atoms with Crippen molar-refractivity contribution in [1.29, 1.82) is 0 Å². The minimum absolute atomic E-state index is 0.125. The first kappa shape index (κ1) is 10.2. The van der Waals surface area contributed by atoms with Crippen molar-refractivity contribution < 1.29 is 9.90 Å². The molecule has 3 rings (SSSR count). The number of hydrogen-bond donors (Lipinski definition) is 1. The second-order valence-electron chi connectivity index (χ2n) is 4.37. The Balaban J connectivity index is 2.07. The van der Waals surface area contributed by atoms with E-state index in [9.17, 15) is 4.79 Å². The van der Waals surface area contributed by atoms with Crippen LogP contribution < -0.4 is 0 Å². The number of carbonyl (C=O) groups is 1. The van der Waals surface area contributed by atoms with E-state index in [-0.39, 0.29) is 5.56 Å². The fourth-order valence-electron chi connectivity index (χ4n) is 2.38. The summed E-state index contributed by atoms with van der Waals surface area (Å²) >= 11 is 0. The zero-order valence-corrected chi connectivity index (χ0v) is 9.20. The van der Waals surface area contributed by atoms with Gasteiger partial charge in [-0.15, -0.1) is 5.10 Å². The minimum Gasteiger partial charge on any atom is -0.478 e. The first-order valence-electron chi connectivity index (χ1n) is 5.70. The van der Waals surface area contributed by atoms with E-state index < -0.39 is 5.97 Å². The lowest BCUT2D eigenvalue weighted by atomic mass is 10.0. The Morgan fingerprint density at radius 3 is 2.88 bits per heavy atom. The predicted molar refractivity (Wildman–Crippen MR) is 59.0 cm³/mol. The standard InChI is InChI=1S/C11H12N4O2/c16-11(17)8-5-12-10-9(7-3-1-2-4-7)13-14-15(10)6-8/h5-7H,1-4H2,(H,16,17). The molecule has 0 aromatic carbocycles. The van der Waals surface area contributed by atoms with Gasteiger partial charge in [0.25, 0.3) is 0 Å². The molecule has 1 aliphatic rings. The number of nitrogens with zero attached hydrogens (tertiary/aromatic N) is 4. The Labute approximate surface area is 97.3 Å². The smallest absolute Gasteiger partial charge is 0.338 e. The van der Waals surface area contributed by atoms with Gasteiger partial charge in [-0.3, -0.25) is 0 Å². The van der Waals surface area contributed by atoms with Gasteiger partial charge < -0.3 is 5.11 Å². The first-order valence-corrected chi connectivity index (χ1v) is 5.70. The summed E-state index contributed by atoms with van der Waals surface area (Å²) in [6.07, 6.45) is 7.50. The topological polar surface area (TPSA) is 80.4 Å². The molecule has 0 amide bonds. The van der Waals surface area contributed by atoms with Crippen LogP contribution in [0.4, 0.5) is 0 Å². The molecule has 2 heterocycles. The van der Waals surface area contributed by atoms with E-state index in [1.165, 1.54) is 29.8 Å². The third-order valence-electron chi connectivity index (χ3n) is 3.27. The molecule has 6 nitrogen and oxygen atoms in total. The van der Waals surface area contributed by atoms with Gasteiger partial charge in [-0.1, -0.05) is 18.1 Å². The van der Waals surface area contributed by atoms with Crippen LogP contribution in [0.5, 0.6) is 0 Å². The first-order chi connectivity index (χ1) is 8.25. The summed E-state index contributed by atoms with van der Waals surface area (Å²) < 4.78 is 1.46. The molecule has 1 saturated carbocycles. The zero-order valence-electron chi connectivity index (χ0n) is 9.20. The van der Waals surface area contributed by atoms with E-state index in [4.69, 9.17) is 5.11 Å². The molecule has 0 bridgehead atoms. The number of fused-ring (bicyclic) bond motifs is 1. The molecule has 0 radical (unpaired) electrons. The summed E-state index contributed by atoms with van der Waals surface area (Å²) in [7, 11) is 0. The lowest BCUT2D eigenvalue weighted by Gasteiger charge is -2.03. The number of rotatable bonds is 2. The predicted octanol–water partition coefficient (Wildman–Crippen LogP) is 1.48. The molecule has 2 aromatic rings. The molecule has 0 atom stereocenters. The van der Waals surface area contributed by atoms with Crippen molar-refractivity contribution in [2.24, 2.45) is 0 Å². The average Bonchev–Trinajstić information content (AvgIpc) is 2.96. The van der Waals surface area contributed by atoms with Crippen LogP contribution >= 0.6 is 0 Å². The van der Waals surface area contributed by atoms with Crippen LogP contribution in [0.25, 0.3) is 5.65 Å². The Bertz CT molecular complexity index is 572. The van der Waals surface area contributed by atoms with Crippen molar-refractivity contribution in [3.05, 3.63) is 23.7 Å². The lowest BCUT2D eigenvalue weighted by Crippen LogP contribution is -2.02. The van der Waals surface area contributed by atoms with Gasteiger partial charge in [0.1, 0.15) is 5.69 Å². The summed E-state index contributed by atoms with van der Waals surface area (Å²) in [6, 6.07) is 0. The van der Waals surface area contributed by atoms with Crippen molar-refractivity contribution in [2.45, 2.75) is 31.6 Å². The normalized spacial score (nSPS) is 16.7. The van der Waals surface area contributed by atoms with Gasteiger partial charge in [-0.05, 0) is 12.8 Å².